The molecule has 2 nitrogen and oxygen atoms in total. The van der Waals surface area contributed by atoms with Crippen LogP contribution in [-0.2, 0) is 4.79 Å². The van der Waals surface area contributed by atoms with E-state index in [0.717, 1.165) is 25.8 Å². The maximum absolute atomic E-state index is 11.6. The zero-order valence-electron chi connectivity index (χ0n) is 11.1. The minimum atomic E-state index is 0.156. The van der Waals surface area contributed by atoms with Gasteiger partial charge in [0.05, 0.1) is 0 Å². The molecule has 0 aromatic carbocycles. The number of terminal acetylenes is 1. The van der Waals surface area contributed by atoms with Crippen LogP contribution < -0.4 is 5.32 Å². The van der Waals surface area contributed by atoms with Gasteiger partial charge < -0.3 is 5.32 Å². The number of carbonyl (C=O) groups excluding carboxylic acids is 1. The van der Waals surface area contributed by atoms with Crippen LogP contribution in [0.3, 0.4) is 0 Å². The van der Waals surface area contributed by atoms with Crippen LogP contribution in [0.25, 0.3) is 0 Å². The van der Waals surface area contributed by atoms with E-state index in [9.17, 15) is 4.79 Å². The first-order chi connectivity index (χ1) is 7.38. The number of nitrogens with one attached hydrogen (secondary N) is 1. The lowest BCUT2D eigenvalue weighted by molar-refractivity contribution is -0.122. The molecule has 0 aliphatic heterocycles. The molecule has 92 valence electrons. The molecular formula is C14H25NO. The van der Waals surface area contributed by atoms with Gasteiger partial charge in [0.15, 0.2) is 0 Å². The lowest BCUT2D eigenvalue weighted by atomic mass is 9.80. The van der Waals surface area contributed by atoms with Gasteiger partial charge in [-0.15, -0.1) is 12.3 Å². The molecule has 1 N–H and O–H groups in total. The molecule has 1 amide bonds. The Bertz CT molecular complexity index is 244. The lowest BCUT2D eigenvalue weighted by Gasteiger charge is -2.26. The Kier molecular flexibility index (Phi) is 6.88. The Balaban J connectivity index is 3.64. The highest BCUT2D eigenvalue weighted by Crippen LogP contribution is 2.27. The summed E-state index contributed by atoms with van der Waals surface area (Å²) in [5, 5.41) is 2.94. The highest BCUT2D eigenvalue weighted by molar-refractivity contribution is 5.76. The van der Waals surface area contributed by atoms with Crippen molar-refractivity contribution in [2.75, 3.05) is 6.54 Å². The molecule has 16 heavy (non-hydrogen) atoms. The Morgan fingerprint density at radius 1 is 1.38 bits per heavy atom. The average Bonchev–Trinajstić information content (AvgIpc) is 2.16. The van der Waals surface area contributed by atoms with Crippen molar-refractivity contribution < 1.29 is 4.79 Å². The van der Waals surface area contributed by atoms with E-state index in [0.29, 0.717) is 12.3 Å². The second kappa shape index (κ2) is 7.33. The van der Waals surface area contributed by atoms with E-state index in [4.69, 9.17) is 6.42 Å². The monoisotopic (exact) mass is 223 g/mol. The lowest BCUT2D eigenvalue weighted by Crippen LogP contribution is -2.29. The number of amides is 1. The van der Waals surface area contributed by atoms with Crippen LogP contribution in [0.15, 0.2) is 0 Å². The Morgan fingerprint density at radius 2 is 2.00 bits per heavy atom. The molecule has 0 aliphatic rings. The minimum Gasteiger partial charge on any atom is -0.356 e. The maximum Gasteiger partial charge on any atom is 0.220 e. The molecule has 0 saturated heterocycles. The zero-order chi connectivity index (χ0) is 12.6. The maximum atomic E-state index is 11.6. The molecule has 1 unspecified atom stereocenters. The molecule has 0 radical (unpaired) electrons. The molecule has 0 aromatic rings. The standard InChI is InChI=1S/C14H25NO/c1-6-7-8-9-10-15-13(16)11-12(2)14(3,4)5/h1,12H,7-11H2,2-5H3,(H,15,16). The van der Waals surface area contributed by atoms with Gasteiger partial charge in [-0.1, -0.05) is 27.7 Å². The van der Waals surface area contributed by atoms with E-state index in [1.807, 2.05) is 0 Å². The smallest absolute Gasteiger partial charge is 0.220 e. The van der Waals surface area contributed by atoms with Crippen molar-refractivity contribution >= 4 is 5.91 Å². The van der Waals surface area contributed by atoms with Crippen molar-refractivity contribution in [3.05, 3.63) is 0 Å². The predicted molar refractivity (Wildman–Crippen MR) is 68.9 cm³/mol. The molecule has 0 fully saturated rings. The van der Waals surface area contributed by atoms with Crippen LogP contribution in [0.5, 0.6) is 0 Å². The molecular weight excluding hydrogens is 198 g/mol. The van der Waals surface area contributed by atoms with E-state index in [1.165, 1.54) is 0 Å². The van der Waals surface area contributed by atoms with Crippen LogP contribution in [-0.4, -0.2) is 12.5 Å². The molecule has 0 aliphatic carbocycles. The third-order valence-corrected chi connectivity index (χ3v) is 3.04. The van der Waals surface area contributed by atoms with Crippen molar-refractivity contribution in [1.82, 2.24) is 5.32 Å². The van der Waals surface area contributed by atoms with Crippen molar-refractivity contribution in [3.8, 4) is 12.3 Å². The molecule has 0 bridgehead atoms. The fraction of sp³-hybridized carbons (Fsp3) is 0.786. The summed E-state index contributed by atoms with van der Waals surface area (Å²) in [5.41, 5.74) is 0.195. The van der Waals surface area contributed by atoms with E-state index in [-0.39, 0.29) is 11.3 Å². The van der Waals surface area contributed by atoms with Gasteiger partial charge in [-0.2, -0.15) is 0 Å². The fourth-order valence-corrected chi connectivity index (χ4v) is 1.24. The summed E-state index contributed by atoms with van der Waals surface area (Å²) in [6.07, 6.45) is 8.52. The SMILES string of the molecule is C#CCCCCNC(=O)CC(C)C(C)(C)C. The fourth-order valence-electron chi connectivity index (χ4n) is 1.24. The quantitative estimate of drug-likeness (QED) is 0.544. The van der Waals surface area contributed by atoms with Crippen molar-refractivity contribution in [2.45, 2.75) is 53.4 Å². The van der Waals surface area contributed by atoms with Crippen molar-refractivity contribution in [3.63, 3.8) is 0 Å². The molecule has 0 aromatic heterocycles. The number of hydrogen-bond acceptors (Lipinski definition) is 1. The normalized spacial score (nSPS) is 12.9. The number of hydrogen-bond donors (Lipinski definition) is 1. The van der Waals surface area contributed by atoms with Gasteiger partial charge in [-0.25, -0.2) is 0 Å². The van der Waals surface area contributed by atoms with Gasteiger partial charge in [0, 0.05) is 19.4 Å². The third kappa shape index (κ3) is 7.34. The summed E-state index contributed by atoms with van der Waals surface area (Å²) in [7, 11) is 0. The average molecular weight is 223 g/mol. The second-order valence-corrected chi connectivity index (χ2v) is 5.48. The molecule has 0 rings (SSSR count). The van der Waals surface area contributed by atoms with Gasteiger partial charge >= 0.3 is 0 Å². The molecule has 2 heteroatoms. The number of rotatable bonds is 6. The highest BCUT2D eigenvalue weighted by Gasteiger charge is 2.22. The number of carbonyl (C=O) groups is 1. The van der Waals surface area contributed by atoms with Crippen LogP contribution >= 0.6 is 0 Å². The van der Waals surface area contributed by atoms with Crippen LogP contribution in [0.2, 0.25) is 0 Å². The van der Waals surface area contributed by atoms with Crippen LogP contribution in [0, 0.1) is 23.7 Å². The Hall–Kier alpha value is -0.970. The first-order valence-electron chi connectivity index (χ1n) is 6.08. The predicted octanol–water partition coefficient (Wildman–Crippen LogP) is 2.98. The molecule has 1 atom stereocenters. The zero-order valence-corrected chi connectivity index (χ0v) is 11.1. The highest BCUT2D eigenvalue weighted by atomic mass is 16.1. The van der Waals surface area contributed by atoms with Crippen molar-refractivity contribution in [2.24, 2.45) is 11.3 Å². The van der Waals surface area contributed by atoms with Gasteiger partial charge in [-0.3, -0.25) is 4.79 Å². The van der Waals surface area contributed by atoms with Crippen LogP contribution in [0.1, 0.15) is 53.4 Å². The summed E-state index contributed by atoms with van der Waals surface area (Å²) in [5.74, 6) is 3.15. The van der Waals surface area contributed by atoms with E-state index >= 15 is 0 Å². The summed E-state index contributed by atoms with van der Waals surface area (Å²) in [4.78, 5) is 11.6. The largest absolute Gasteiger partial charge is 0.356 e. The summed E-state index contributed by atoms with van der Waals surface area (Å²) < 4.78 is 0. The first-order valence-corrected chi connectivity index (χ1v) is 6.08. The van der Waals surface area contributed by atoms with Gasteiger partial charge in [-0.05, 0) is 24.2 Å². The van der Waals surface area contributed by atoms with Crippen molar-refractivity contribution in [1.29, 1.82) is 0 Å². The molecule has 0 saturated carbocycles. The van der Waals surface area contributed by atoms with Crippen LogP contribution in [0.4, 0.5) is 0 Å². The Morgan fingerprint density at radius 3 is 2.50 bits per heavy atom. The molecule has 0 spiro atoms. The number of unbranched alkanes of at least 4 members (excludes halogenated alkanes) is 2. The Labute approximate surface area is 100 Å². The van der Waals surface area contributed by atoms with E-state index < -0.39 is 0 Å². The second-order valence-electron chi connectivity index (χ2n) is 5.48. The summed E-state index contributed by atoms with van der Waals surface area (Å²) in [6.45, 7) is 9.36. The third-order valence-electron chi connectivity index (χ3n) is 3.04. The topological polar surface area (TPSA) is 29.1 Å². The van der Waals surface area contributed by atoms with Gasteiger partial charge in [0.2, 0.25) is 5.91 Å². The summed E-state index contributed by atoms with van der Waals surface area (Å²) >= 11 is 0. The van der Waals surface area contributed by atoms with E-state index in [1.54, 1.807) is 0 Å². The van der Waals surface area contributed by atoms with Gasteiger partial charge in [0.1, 0.15) is 0 Å². The summed E-state index contributed by atoms with van der Waals surface area (Å²) in [6, 6.07) is 0. The van der Waals surface area contributed by atoms with Gasteiger partial charge in [0.25, 0.3) is 0 Å². The first kappa shape index (κ1) is 15.0. The van der Waals surface area contributed by atoms with E-state index in [2.05, 4.69) is 38.9 Å². The minimum absolute atomic E-state index is 0.156. The molecule has 0 heterocycles.